The number of hydrogen-bond acceptors (Lipinski definition) is 0. The zero-order valence-corrected chi connectivity index (χ0v) is 12.7. The number of benzene rings is 3. The van der Waals surface area contributed by atoms with E-state index in [0.717, 1.165) is 11.4 Å². The van der Waals surface area contributed by atoms with Crippen molar-refractivity contribution >= 4 is 0 Å². The van der Waals surface area contributed by atoms with E-state index >= 15 is 0 Å². The molecule has 0 spiro atoms. The van der Waals surface area contributed by atoms with Gasteiger partial charge in [0.25, 0.3) is 0 Å². The maximum atomic E-state index is 3.61. The van der Waals surface area contributed by atoms with Gasteiger partial charge in [0.05, 0.1) is 5.69 Å². The number of aromatic nitrogens is 1. The third kappa shape index (κ3) is 2.69. The largest absolute Gasteiger partial charge is 0.354 e. The van der Waals surface area contributed by atoms with Crippen LogP contribution in [0.15, 0.2) is 97.1 Å². The summed E-state index contributed by atoms with van der Waals surface area (Å²) in [7, 11) is 0. The molecule has 1 N–H and O–H groups in total. The smallest absolute Gasteiger partial charge is 0.0538 e. The molecular weight excluding hydrogens is 278 g/mol. The van der Waals surface area contributed by atoms with Gasteiger partial charge >= 0.3 is 0 Å². The van der Waals surface area contributed by atoms with Crippen molar-refractivity contribution in [1.82, 2.24) is 4.98 Å². The van der Waals surface area contributed by atoms with E-state index in [2.05, 4.69) is 89.9 Å². The lowest BCUT2D eigenvalue weighted by Crippen LogP contribution is -1.82. The lowest BCUT2D eigenvalue weighted by Gasteiger charge is -2.04. The van der Waals surface area contributed by atoms with Crippen LogP contribution in [-0.4, -0.2) is 4.98 Å². The van der Waals surface area contributed by atoms with Gasteiger partial charge in [0.1, 0.15) is 0 Å². The fourth-order valence-corrected chi connectivity index (χ4v) is 2.91. The molecule has 0 unspecified atom stereocenters. The van der Waals surface area contributed by atoms with Crippen LogP contribution in [0.4, 0.5) is 0 Å². The van der Waals surface area contributed by atoms with Crippen molar-refractivity contribution in [2.45, 2.75) is 0 Å². The Morgan fingerprint density at radius 2 is 0.957 bits per heavy atom. The van der Waals surface area contributed by atoms with Gasteiger partial charge in [-0.3, -0.25) is 0 Å². The normalized spacial score (nSPS) is 10.6. The maximum Gasteiger partial charge on any atom is 0.0538 e. The van der Waals surface area contributed by atoms with Crippen LogP contribution < -0.4 is 0 Å². The average Bonchev–Trinajstić information content (AvgIpc) is 3.09. The lowest BCUT2D eigenvalue weighted by molar-refractivity contribution is 1.39. The van der Waals surface area contributed by atoms with Crippen LogP contribution in [0, 0.1) is 0 Å². The molecule has 23 heavy (non-hydrogen) atoms. The van der Waals surface area contributed by atoms with Crippen molar-refractivity contribution in [3.63, 3.8) is 0 Å². The monoisotopic (exact) mass is 295 g/mol. The quantitative estimate of drug-likeness (QED) is 0.476. The summed E-state index contributed by atoms with van der Waals surface area (Å²) in [5.74, 6) is 0. The van der Waals surface area contributed by atoms with Crippen molar-refractivity contribution in [1.29, 1.82) is 0 Å². The highest BCUT2D eigenvalue weighted by Gasteiger charge is 2.12. The minimum Gasteiger partial charge on any atom is -0.354 e. The summed E-state index contributed by atoms with van der Waals surface area (Å²) in [5, 5.41) is 0. The van der Waals surface area contributed by atoms with Gasteiger partial charge in [-0.05, 0) is 22.8 Å². The molecule has 0 aliphatic rings. The van der Waals surface area contributed by atoms with Crippen molar-refractivity contribution < 1.29 is 0 Å². The summed E-state index contributed by atoms with van der Waals surface area (Å²) in [6.45, 7) is 0. The van der Waals surface area contributed by atoms with E-state index in [1.807, 2.05) is 12.1 Å². The first kappa shape index (κ1) is 13.6. The summed E-state index contributed by atoms with van der Waals surface area (Å²) in [6.07, 6.45) is 0. The lowest BCUT2D eigenvalue weighted by atomic mass is 10.0. The van der Waals surface area contributed by atoms with Crippen LogP contribution in [0.3, 0.4) is 0 Å². The van der Waals surface area contributed by atoms with Crippen molar-refractivity contribution in [3.8, 4) is 33.6 Å². The number of aromatic amines is 1. The number of hydrogen-bond donors (Lipinski definition) is 1. The van der Waals surface area contributed by atoms with Gasteiger partial charge in [-0.25, -0.2) is 0 Å². The minimum atomic E-state index is 1.14. The third-order valence-electron chi connectivity index (χ3n) is 4.05. The Hall–Kier alpha value is -3.06. The van der Waals surface area contributed by atoms with E-state index in [0.29, 0.717) is 0 Å². The highest BCUT2D eigenvalue weighted by molar-refractivity contribution is 5.85. The SMILES string of the molecule is c1ccc(-c2cc(-c3ccccc3)c(-c3ccccc3)[nH]2)cc1. The van der Waals surface area contributed by atoms with Gasteiger partial charge in [-0.2, -0.15) is 0 Å². The van der Waals surface area contributed by atoms with Crippen LogP contribution >= 0.6 is 0 Å². The van der Waals surface area contributed by atoms with Gasteiger partial charge in [0, 0.05) is 11.3 Å². The molecular formula is C22H17N. The number of nitrogens with one attached hydrogen (secondary N) is 1. The van der Waals surface area contributed by atoms with E-state index in [-0.39, 0.29) is 0 Å². The predicted molar refractivity (Wildman–Crippen MR) is 97.1 cm³/mol. The van der Waals surface area contributed by atoms with E-state index in [9.17, 15) is 0 Å². The highest BCUT2D eigenvalue weighted by atomic mass is 14.7. The molecule has 0 aliphatic carbocycles. The molecule has 4 rings (SSSR count). The topological polar surface area (TPSA) is 15.8 Å². The summed E-state index contributed by atoms with van der Waals surface area (Å²) >= 11 is 0. The average molecular weight is 295 g/mol. The van der Waals surface area contributed by atoms with Crippen LogP contribution in [0.25, 0.3) is 33.6 Å². The third-order valence-corrected chi connectivity index (χ3v) is 4.05. The van der Waals surface area contributed by atoms with E-state index in [1.54, 1.807) is 0 Å². The Morgan fingerprint density at radius 1 is 0.478 bits per heavy atom. The summed E-state index contributed by atoms with van der Waals surface area (Å²) in [5.41, 5.74) is 7.17. The molecule has 0 fully saturated rings. The first-order valence-electron chi connectivity index (χ1n) is 7.81. The van der Waals surface area contributed by atoms with Gasteiger partial charge in [0.15, 0.2) is 0 Å². The molecule has 0 aliphatic heterocycles. The Bertz CT molecular complexity index is 834. The predicted octanol–water partition coefficient (Wildman–Crippen LogP) is 6.02. The molecule has 0 radical (unpaired) electrons. The van der Waals surface area contributed by atoms with Crippen LogP contribution in [0.1, 0.15) is 0 Å². The van der Waals surface area contributed by atoms with Crippen LogP contribution in [-0.2, 0) is 0 Å². The molecule has 1 heteroatoms. The molecule has 3 aromatic carbocycles. The first-order chi connectivity index (χ1) is 11.4. The first-order valence-corrected chi connectivity index (χ1v) is 7.81. The highest BCUT2D eigenvalue weighted by Crippen LogP contribution is 2.35. The second-order valence-electron chi connectivity index (χ2n) is 5.57. The minimum absolute atomic E-state index is 1.14. The fourth-order valence-electron chi connectivity index (χ4n) is 2.91. The van der Waals surface area contributed by atoms with Crippen LogP contribution in [0.2, 0.25) is 0 Å². The molecule has 0 saturated carbocycles. The molecule has 1 aromatic heterocycles. The van der Waals surface area contributed by atoms with E-state index in [4.69, 9.17) is 0 Å². The maximum absolute atomic E-state index is 3.61. The number of rotatable bonds is 3. The molecule has 1 heterocycles. The summed E-state index contributed by atoms with van der Waals surface area (Å²) in [4.78, 5) is 3.61. The Labute approximate surface area is 136 Å². The Balaban J connectivity index is 1.91. The van der Waals surface area contributed by atoms with Crippen molar-refractivity contribution in [2.75, 3.05) is 0 Å². The van der Waals surface area contributed by atoms with Gasteiger partial charge in [-0.1, -0.05) is 91.0 Å². The standard InChI is InChI=1S/C22H17N/c1-4-10-17(11-5-1)20-16-21(18-12-6-2-7-13-18)23-22(20)19-14-8-3-9-15-19/h1-16,23H. The van der Waals surface area contributed by atoms with Crippen molar-refractivity contribution in [2.24, 2.45) is 0 Å². The fraction of sp³-hybridized carbons (Fsp3) is 0. The molecule has 0 saturated heterocycles. The van der Waals surface area contributed by atoms with E-state index in [1.165, 1.54) is 22.3 Å². The molecule has 0 bridgehead atoms. The molecule has 0 amide bonds. The molecule has 1 nitrogen and oxygen atoms in total. The second kappa shape index (κ2) is 5.98. The summed E-state index contributed by atoms with van der Waals surface area (Å²) < 4.78 is 0. The molecule has 110 valence electrons. The van der Waals surface area contributed by atoms with Crippen molar-refractivity contribution in [3.05, 3.63) is 97.1 Å². The van der Waals surface area contributed by atoms with Gasteiger partial charge in [-0.15, -0.1) is 0 Å². The second-order valence-corrected chi connectivity index (χ2v) is 5.57. The zero-order valence-electron chi connectivity index (χ0n) is 12.7. The Morgan fingerprint density at radius 3 is 1.52 bits per heavy atom. The summed E-state index contributed by atoms with van der Waals surface area (Å²) in [6, 6.07) is 33.7. The Kier molecular flexibility index (Phi) is 3.53. The van der Waals surface area contributed by atoms with Gasteiger partial charge < -0.3 is 4.98 Å². The number of H-pyrrole nitrogens is 1. The molecule has 4 aromatic rings. The van der Waals surface area contributed by atoms with E-state index < -0.39 is 0 Å². The van der Waals surface area contributed by atoms with Crippen LogP contribution in [0.5, 0.6) is 0 Å². The zero-order chi connectivity index (χ0) is 15.5. The molecule has 0 atom stereocenters. The van der Waals surface area contributed by atoms with Gasteiger partial charge in [0.2, 0.25) is 0 Å².